The standard InChI is InChI=1S/C7H9BrO2/c8-2-6(9)7-1-5(7)3-10-4-7/h5H,1-4H2. The smallest absolute Gasteiger partial charge is 0.152 e. The SMILES string of the molecule is O=C(CBr)C12COCC1C2. The second-order valence-corrected chi connectivity index (χ2v) is 3.69. The summed E-state index contributed by atoms with van der Waals surface area (Å²) in [5, 5.41) is 0.493. The number of hydrogen-bond acceptors (Lipinski definition) is 2. The Hall–Kier alpha value is 0.110. The number of rotatable bonds is 2. The molecule has 1 aliphatic carbocycles. The topological polar surface area (TPSA) is 26.3 Å². The zero-order valence-corrected chi connectivity index (χ0v) is 7.19. The van der Waals surface area contributed by atoms with Crippen molar-refractivity contribution >= 4 is 21.7 Å². The Labute approximate surface area is 68.1 Å². The summed E-state index contributed by atoms with van der Waals surface area (Å²) in [6.07, 6.45) is 1.07. The van der Waals surface area contributed by atoms with Gasteiger partial charge in [0, 0.05) is 0 Å². The lowest BCUT2D eigenvalue weighted by molar-refractivity contribution is -0.122. The predicted octanol–water partition coefficient (Wildman–Crippen LogP) is 0.987. The maximum Gasteiger partial charge on any atom is 0.152 e. The van der Waals surface area contributed by atoms with Gasteiger partial charge in [0.05, 0.1) is 24.0 Å². The fourth-order valence-electron chi connectivity index (χ4n) is 1.71. The van der Waals surface area contributed by atoms with E-state index in [4.69, 9.17) is 4.74 Å². The third-order valence-corrected chi connectivity index (χ3v) is 3.10. The van der Waals surface area contributed by atoms with Crippen LogP contribution in [0.3, 0.4) is 0 Å². The number of carbonyl (C=O) groups excluding carboxylic acids is 1. The fourth-order valence-corrected chi connectivity index (χ4v) is 2.27. The maximum absolute atomic E-state index is 11.3. The van der Waals surface area contributed by atoms with Crippen molar-refractivity contribution in [2.24, 2.45) is 11.3 Å². The Morgan fingerprint density at radius 1 is 1.80 bits per heavy atom. The van der Waals surface area contributed by atoms with Gasteiger partial charge in [-0.3, -0.25) is 4.79 Å². The zero-order chi connectivity index (χ0) is 7.19. The molecular formula is C7H9BrO2. The van der Waals surface area contributed by atoms with Crippen LogP contribution in [0.25, 0.3) is 0 Å². The molecular weight excluding hydrogens is 196 g/mol. The van der Waals surface area contributed by atoms with Crippen LogP contribution >= 0.6 is 15.9 Å². The second-order valence-electron chi connectivity index (χ2n) is 3.13. The quantitative estimate of drug-likeness (QED) is 0.628. The van der Waals surface area contributed by atoms with Crippen molar-refractivity contribution in [3.63, 3.8) is 0 Å². The lowest BCUT2D eigenvalue weighted by Gasteiger charge is -2.05. The molecule has 1 heterocycles. The van der Waals surface area contributed by atoms with Gasteiger partial charge >= 0.3 is 0 Å². The molecule has 0 aromatic heterocycles. The highest BCUT2D eigenvalue weighted by Crippen LogP contribution is 2.57. The molecule has 0 aromatic carbocycles. The van der Waals surface area contributed by atoms with E-state index in [0.29, 0.717) is 23.6 Å². The van der Waals surface area contributed by atoms with Gasteiger partial charge in [0.15, 0.2) is 5.78 Å². The fraction of sp³-hybridized carbons (Fsp3) is 0.857. The number of ketones is 1. The van der Waals surface area contributed by atoms with Crippen LogP contribution in [0, 0.1) is 11.3 Å². The molecule has 1 saturated carbocycles. The molecule has 2 rings (SSSR count). The Bertz CT molecular complexity index is 180. The van der Waals surface area contributed by atoms with Crippen LogP contribution in [0.2, 0.25) is 0 Å². The molecule has 2 fully saturated rings. The lowest BCUT2D eigenvalue weighted by atomic mass is 10.0. The Morgan fingerprint density at radius 3 is 3.00 bits per heavy atom. The summed E-state index contributed by atoms with van der Waals surface area (Å²) in [7, 11) is 0. The molecule has 1 aliphatic heterocycles. The van der Waals surface area contributed by atoms with Crippen molar-refractivity contribution in [2.45, 2.75) is 6.42 Å². The van der Waals surface area contributed by atoms with Crippen LogP contribution in [0.5, 0.6) is 0 Å². The molecule has 0 aromatic rings. The van der Waals surface area contributed by atoms with Crippen molar-refractivity contribution < 1.29 is 9.53 Å². The second kappa shape index (κ2) is 2.05. The van der Waals surface area contributed by atoms with Crippen LogP contribution in [0.15, 0.2) is 0 Å². The minimum absolute atomic E-state index is 0.0382. The maximum atomic E-state index is 11.3. The summed E-state index contributed by atoms with van der Waals surface area (Å²) in [6.45, 7) is 1.47. The van der Waals surface area contributed by atoms with Gasteiger partial charge in [-0.2, -0.15) is 0 Å². The molecule has 0 bridgehead atoms. The van der Waals surface area contributed by atoms with Crippen molar-refractivity contribution in [1.29, 1.82) is 0 Å². The van der Waals surface area contributed by atoms with Crippen LogP contribution < -0.4 is 0 Å². The summed E-state index contributed by atoms with van der Waals surface area (Å²) in [5.74, 6) is 0.882. The Balaban J connectivity index is 2.11. The number of carbonyl (C=O) groups is 1. The third kappa shape index (κ3) is 0.705. The third-order valence-electron chi connectivity index (χ3n) is 2.59. The van der Waals surface area contributed by atoms with E-state index in [1.165, 1.54) is 0 Å². The Kier molecular flexibility index (Phi) is 1.39. The average Bonchev–Trinajstić information content (AvgIpc) is 2.54. The first kappa shape index (κ1) is 6.80. The normalized spacial score (nSPS) is 43.1. The van der Waals surface area contributed by atoms with Crippen LogP contribution in [-0.2, 0) is 9.53 Å². The van der Waals surface area contributed by atoms with Gasteiger partial charge in [0.25, 0.3) is 0 Å². The monoisotopic (exact) mass is 204 g/mol. The van der Waals surface area contributed by atoms with Crippen molar-refractivity contribution in [1.82, 2.24) is 0 Å². The predicted molar refractivity (Wildman–Crippen MR) is 40.2 cm³/mol. The van der Waals surface area contributed by atoms with Crippen LogP contribution in [0.1, 0.15) is 6.42 Å². The summed E-state index contributed by atoms with van der Waals surface area (Å²) in [4.78, 5) is 11.3. The zero-order valence-electron chi connectivity index (χ0n) is 5.60. The number of alkyl halides is 1. The van der Waals surface area contributed by atoms with E-state index >= 15 is 0 Å². The molecule has 56 valence electrons. The molecule has 2 atom stereocenters. The van der Waals surface area contributed by atoms with Gasteiger partial charge in [-0.1, -0.05) is 15.9 Å². The van der Waals surface area contributed by atoms with E-state index in [1.54, 1.807) is 0 Å². The largest absolute Gasteiger partial charge is 0.380 e. The first-order valence-electron chi connectivity index (χ1n) is 3.46. The van der Waals surface area contributed by atoms with Crippen molar-refractivity contribution in [3.05, 3.63) is 0 Å². The first-order chi connectivity index (χ1) is 4.79. The minimum Gasteiger partial charge on any atom is -0.380 e. The van der Waals surface area contributed by atoms with E-state index in [0.717, 1.165) is 13.0 Å². The van der Waals surface area contributed by atoms with Gasteiger partial charge in [0.2, 0.25) is 0 Å². The minimum atomic E-state index is -0.0382. The van der Waals surface area contributed by atoms with Gasteiger partial charge < -0.3 is 4.74 Å². The van der Waals surface area contributed by atoms with Crippen molar-refractivity contribution in [2.75, 3.05) is 18.5 Å². The van der Waals surface area contributed by atoms with Crippen LogP contribution in [0.4, 0.5) is 0 Å². The van der Waals surface area contributed by atoms with E-state index in [-0.39, 0.29) is 5.41 Å². The van der Waals surface area contributed by atoms with Crippen molar-refractivity contribution in [3.8, 4) is 0 Å². The molecule has 0 radical (unpaired) electrons. The Morgan fingerprint density at radius 2 is 2.60 bits per heavy atom. The van der Waals surface area contributed by atoms with Gasteiger partial charge in [-0.25, -0.2) is 0 Å². The molecule has 2 nitrogen and oxygen atoms in total. The number of fused-ring (bicyclic) bond motifs is 1. The molecule has 10 heavy (non-hydrogen) atoms. The van der Waals surface area contributed by atoms with E-state index < -0.39 is 0 Å². The molecule has 0 N–H and O–H groups in total. The van der Waals surface area contributed by atoms with Crippen LogP contribution in [-0.4, -0.2) is 24.3 Å². The summed E-state index contributed by atoms with van der Waals surface area (Å²) >= 11 is 3.18. The van der Waals surface area contributed by atoms with E-state index in [2.05, 4.69) is 15.9 Å². The van der Waals surface area contributed by atoms with Gasteiger partial charge in [-0.15, -0.1) is 0 Å². The number of hydrogen-bond donors (Lipinski definition) is 0. The summed E-state index contributed by atoms with van der Waals surface area (Å²) < 4.78 is 5.19. The van der Waals surface area contributed by atoms with Gasteiger partial charge in [-0.05, 0) is 12.3 Å². The number of ether oxygens (including phenoxy) is 1. The molecule has 2 unspecified atom stereocenters. The number of halogens is 1. The highest BCUT2D eigenvalue weighted by molar-refractivity contribution is 9.09. The summed E-state index contributed by atoms with van der Waals surface area (Å²) in [6, 6.07) is 0. The van der Waals surface area contributed by atoms with Gasteiger partial charge in [0.1, 0.15) is 0 Å². The molecule has 0 spiro atoms. The summed E-state index contributed by atoms with van der Waals surface area (Å²) in [5.41, 5.74) is -0.0382. The molecule has 3 heteroatoms. The number of Topliss-reactive ketones (excluding diaryl/α,β-unsaturated/α-hetero) is 1. The highest BCUT2D eigenvalue weighted by atomic mass is 79.9. The molecule has 1 saturated heterocycles. The van der Waals surface area contributed by atoms with E-state index in [9.17, 15) is 4.79 Å². The first-order valence-corrected chi connectivity index (χ1v) is 4.59. The highest BCUT2D eigenvalue weighted by Gasteiger charge is 2.62. The lowest BCUT2D eigenvalue weighted by Crippen LogP contribution is -2.20. The molecule has 2 aliphatic rings. The molecule has 0 amide bonds. The average molecular weight is 205 g/mol. The van der Waals surface area contributed by atoms with E-state index in [1.807, 2.05) is 0 Å².